The number of benzene rings is 2. The van der Waals surface area contributed by atoms with Gasteiger partial charge in [-0.15, -0.1) is 0 Å². The van der Waals surface area contributed by atoms with Crippen LogP contribution >= 0.6 is 0 Å². The minimum absolute atomic E-state index is 0.474. The van der Waals surface area contributed by atoms with Crippen molar-refractivity contribution in [2.45, 2.75) is 70.3 Å². The number of hydrogen-bond acceptors (Lipinski definition) is 3. The van der Waals surface area contributed by atoms with Crippen molar-refractivity contribution in [1.29, 1.82) is 0 Å². The highest BCUT2D eigenvalue weighted by atomic mass is 15.2. The molecule has 1 N–H and O–H groups in total. The molecule has 0 saturated carbocycles. The molecule has 2 atom stereocenters. The van der Waals surface area contributed by atoms with Crippen LogP contribution in [0.2, 0.25) is 0 Å². The first-order valence-electron chi connectivity index (χ1n) is 15.6. The fourth-order valence-electron chi connectivity index (χ4n) is 6.85. The van der Waals surface area contributed by atoms with Crippen LogP contribution in [0.4, 0.5) is 0 Å². The van der Waals surface area contributed by atoms with E-state index in [9.17, 15) is 0 Å². The highest BCUT2D eigenvalue weighted by Gasteiger charge is 2.25. The van der Waals surface area contributed by atoms with E-state index in [0.717, 1.165) is 37.7 Å². The highest BCUT2D eigenvalue weighted by molar-refractivity contribution is 5.64. The van der Waals surface area contributed by atoms with Gasteiger partial charge in [-0.2, -0.15) is 0 Å². The monoisotopic (exact) mass is 523 g/mol. The molecule has 0 spiro atoms. The van der Waals surface area contributed by atoms with Crippen LogP contribution in [0, 0.1) is 5.92 Å². The SMILES string of the molecule is C=C(NCCN1CCCCC1C)c1ccccc1CC1CCN(CC(C2=CCCC=C2)c2ccccc2)CC1. The molecule has 2 unspecified atom stereocenters. The molecule has 2 heterocycles. The third kappa shape index (κ3) is 7.74. The van der Waals surface area contributed by atoms with E-state index in [1.807, 2.05) is 0 Å². The van der Waals surface area contributed by atoms with Gasteiger partial charge in [0.1, 0.15) is 0 Å². The molecule has 2 aromatic rings. The summed E-state index contributed by atoms with van der Waals surface area (Å²) in [5, 5.41) is 3.66. The van der Waals surface area contributed by atoms with Gasteiger partial charge in [-0.1, -0.05) is 85.8 Å². The third-order valence-electron chi connectivity index (χ3n) is 9.30. The number of hydrogen-bond donors (Lipinski definition) is 1. The fourth-order valence-corrected chi connectivity index (χ4v) is 6.85. The summed E-state index contributed by atoms with van der Waals surface area (Å²) in [5.41, 5.74) is 6.81. The number of likely N-dealkylation sites (tertiary alicyclic amines) is 2. The van der Waals surface area contributed by atoms with Crippen LogP contribution in [0.15, 0.2) is 85.0 Å². The van der Waals surface area contributed by atoms with E-state index in [4.69, 9.17) is 0 Å². The topological polar surface area (TPSA) is 18.5 Å². The second kappa shape index (κ2) is 14.1. The smallest absolute Gasteiger partial charge is 0.0343 e. The Morgan fingerprint density at radius 2 is 1.74 bits per heavy atom. The molecule has 2 aliphatic heterocycles. The van der Waals surface area contributed by atoms with E-state index in [2.05, 4.69) is 101 Å². The molecule has 5 rings (SSSR count). The van der Waals surface area contributed by atoms with Crippen molar-refractivity contribution < 1.29 is 0 Å². The lowest BCUT2D eigenvalue weighted by Gasteiger charge is -2.35. The first-order valence-corrected chi connectivity index (χ1v) is 15.6. The molecular formula is C36H49N3. The first-order chi connectivity index (χ1) is 19.2. The van der Waals surface area contributed by atoms with Crippen LogP contribution in [0.1, 0.15) is 74.5 Å². The predicted octanol–water partition coefficient (Wildman–Crippen LogP) is 7.44. The lowest BCUT2D eigenvalue weighted by molar-refractivity contribution is 0.163. The Morgan fingerprint density at radius 1 is 0.949 bits per heavy atom. The Labute approximate surface area is 237 Å². The van der Waals surface area contributed by atoms with Crippen LogP contribution in [-0.4, -0.2) is 55.1 Å². The van der Waals surface area contributed by atoms with Gasteiger partial charge in [0.2, 0.25) is 0 Å². The minimum atomic E-state index is 0.474. The van der Waals surface area contributed by atoms with Crippen LogP contribution in [0.25, 0.3) is 5.70 Å². The number of piperidine rings is 2. The summed E-state index contributed by atoms with van der Waals surface area (Å²) in [6, 6.07) is 20.8. The predicted molar refractivity (Wildman–Crippen MR) is 167 cm³/mol. The molecule has 208 valence electrons. The molecule has 2 aromatic carbocycles. The van der Waals surface area contributed by atoms with Gasteiger partial charge in [0, 0.05) is 42.9 Å². The Hall–Kier alpha value is -2.62. The molecule has 3 aliphatic rings. The molecule has 0 radical (unpaired) electrons. The number of nitrogens with zero attached hydrogens (tertiary/aromatic N) is 2. The maximum Gasteiger partial charge on any atom is 0.0343 e. The lowest BCUT2D eigenvalue weighted by Crippen LogP contribution is -2.41. The number of nitrogens with one attached hydrogen (secondary N) is 1. The number of rotatable bonds is 11. The normalized spacial score (nSPS) is 21.9. The standard InChI is InChI=1S/C36H49N3/c1-29-13-11-12-23-39(29)26-22-37-30(2)35-19-10-9-18-34(35)27-31-20-24-38(25-21-31)28-36(32-14-5-3-6-15-32)33-16-7-4-8-17-33/h3,5-7,9-10,14-19,29,31,36-37H,2,4,8,11-13,20-28H2,1H3. The van der Waals surface area contributed by atoms with Gasteiger partial charge in [-0.25, -0.2) is 0 Å². The Kier molecular flexibility index (Phi) is 10.1. The quantitative estimate of drug-likeness (QED) is 0.330. The molecule has 1 aliphatic carbocycles. The van der Waals surface area contributed by atoms with E-state index in [1.165, 1.54) is 86.8 Å². The zero-order valence-corrected chi connectivity index (χ0v) is 24.2. The van der Waals surface area contributed by atoms with Gasteiger partial charge in [0.05, 0.1) is 0 Å². The molecule has 39 heavy (non-hydrogen) atoms. The largest absolute Gasteiger partial charge is 0.384 e. The molecule has 2 saturated heterocycles. The summed E-state index contributed by atoms with van der Waals surface area (Å²) in [7, 11) is 0. The van der Waals surface area contributed by atoms with E-state index in [1.54, 1.807) is 0 Å². The van der Waals surface area contributed by atoms with Crippen molar-refractivity contribution in [2.75, 3.05) is 39.3 Å². The van der Waals surface area contributed by atoms with Gasteiger partial charge >= 0.3 is 0 Å². The van der Waals surface area contributed by atoms with Gasteiger partial charge < -0.3 is 10.2 Å². The minimum Gasteiger partial charge on any atom is -0.384 e. The third-order valence-corrected chi connectivity index (χ3v) is 9.30. The highest BCUT2D eigenvalue weighted by Crippen LogP contribution is 2.32. The summed E-state index contributed by atoms with van der Waals surface area (Å²) in [4.78, 5) is 5.35. The van der Waals surface area contributed by atoms with E-state index < -0.39 is 0 Å². The maximum absolute atomic E-state index is 4.45. The van der Waals surface area contributed by atoms with Crippen LogP contribution in [0.5, 0.6) is 0 Å². The van der Waals surface area contributed by atoms with Crippen molar-refractivity contribution in [3.8, 4) is 0 Å². The zero-order chi connectivity index (χ0) is 26.9. The molecule has 0 aromatic heterocycles. The molecule has 2 fully saturated rings. The summed E-state index contributed by atoms with van der Waals surface area (Å²) in [5.74, 6) is 1.22. The van der Waals surface area contributed by atoms with Gasteiger partial charge in [0.15, 0.2) is 0 Å². The average Bonchev–Trinajstić information content (AvgIpc) is 2.99. The summed E-state index contributed by atoms with van der Waals surface area (Å²) in [6.45, 7) is 13.7. The molecule has 0 amide bonds. The average molecular weight is 524 g/mol. The van der Waals surface area contributed by atoms with Crippen LogP contribution < -0.4 is 5.32 Å². The van der Waals surface area contributed by atoms with Crippen LogP contribution in [-0.2, 0) is 6.42 Å². The second-order valence-corrected chi connectivity index (χ2v) is 12.0. The van der Waals surface area contributed by atoms with E-state index in [0.29, 0.717) is 12.0 Å². The zero-order valence-electron chi connectivity index (χ0n) is 24.2. The lowest BCUT2D eigenvalue weighted by atomic mass is 9.85. The summed E-state index contributed by atoms with van der Waals surface area (Å²) < 4.78 is 0. The molecule has 0 bridgehead atoms. The van der Waals surface area contributed by atoms with E-state index >= 15 is 0 Å². The molecular weight excluding hydrogens is 474 g/mol. The van der Waals surface area contributed by atoms with Gasteiger partial charge in [-0.3, -0.25) is 4.90 Å². The second-order valence-electron chi connectivity index (χ2n) is 12.0. The van der Waals surface area contributed by atoms with Gasteiger partial charge in [-0.05, 0) is 94.1 Å². The Bertz CT molecular complexity index is 1110. The fraction of sp³-hybridized carbons (Fsp3) is 0.500. The summed E-state index contributed by atoms with van der Waals surface area (Å²) in [6.07, 6.45) is 17.3. The summed E-state index contributed by atoms with van der Waals surface area (Å²) >= 11 is 0. The van der Waals surface area contributed by atoms with Crippen molar-refractivity contribution in [2.24, 2.45) is 5.92 Å². The van der Waals surface area contributed by atoms with Crippen molar-refractivity contribution in [1.82, 2.24) is 15.1 Å². The Balaban J connectivity index is 1.13. The van der Waals surface area contributed by atoms with Crippen molar-refractivity contribution in [3.63, 3.8) is 0 Å². The number of allylic oxidation sites excluding steroid dienone is 3. The van der Waals surface area contributed by atoms with E-state index in [-0.39, 0.29) is 0 Å². The molecule has 3 nitrogen and oxygen atoms in total. The first kappa shape index (κ1) is 27.9. The maximum atomic E-state index is 4.45. The Morgan fingerprint density at radius 3 is 2.51 bits per heavy atom. The van der Waals surface area contributed by atoms with Crippen LogP contribution in [0.3, 0.4) is 0 Å². The van der Waals surface area contributed by atoms with Crippen molar-refractivity contribution >= 4 is 5.70 Å². The molecule has 3 heteroatoms. The van der Waals surface area contributed by atoms with Crippen molar-refractivity contribution in [3.05, 3.63) is 102 Å². The van der Waals surface area contributed by atoms with Gasteiger partial charge in [0.25, 0.3) is 0 Å².